The molecule has 0 amide bonds. The van der Waals surface area contributed by atoms with Crippen LogP contribution in [0.5, 0.6) is 0 Å². The second-order valence-electron chi connectivity index (χ2n) is 5.03. The molecule has 1 aromatic rings. The zero-order valence-electron chi connectivity index (χ0n) is 11.4. The third-order valence-corrected chi connectivity index (χ3v) is 3.22. The van der Waals surface area contributed by atoms with Gasteiger partial charge in [-0.1, -0.05) is 6.92 Å². The van der Waals surface area contributed by atoms with Crippen LogP contribution in [0.2, 0.25) is 0 Å². The Labute approximate surface area is 103 Å². The van der Waals surface area contributed by atoms with Gasteiger partial charge in [-0.15, -0.1) is 0 Å². The summed E-state index contributed by atoms with van der Waals surface area (Å²) >= 11 is 0. The van der Waals surface area contributed by atoms with Gasteiger partial charge in [0.05, 0.1) is 17.8 Å². The van der Waals surface area contributed by atoms with E-state index in [4.69, 9.17) is 11.0 Å². The zero-order valence-corrected chi connectivity index (χ0v) is 11.4. The van der Waals surface area contributed by atoms with Crippen LogP contribution in [0.25, 0.3) is 0 Å². The van der Waals surface area contributed by atoms with E-state index in [0.29, 0.717) is 6.42 Å². The molecule has 0 saturated heterocycles. The molecule has 0 bridgehead atoms. The van der Waals surface area contributed by atoms with E-state index in [1.54, 1.807) is 6.92 Å². The second kappa shape index (κ2) is 4.89. The predicted octanol–water partition coefficient (Wildman–Crippen LogP) is 2.25. The highest BCUT2D eigenvalue weighted by Gasteiger charge is 2.24. The van der Waals surface area contributed by atoms with Gasteiger partial charge in [-0.3, -0.25) is 4.68 Å². The average Bonchev–Trinajstić information content (AvgIpc) is 2.53. The number of aromatic nitrogens is 2. The molecule has 1 heterocycles. The summed E-state index contributed by atoms with van der Waals surface area (Å²) < 4.78 is 2.00. The lowest BCUT2D eigenvalue weighted by atomic mass is 9.97. The van der Waals surface area contributed by atoms with Crippen molar-refractivity contribution in [3.63, 3.8) is 0 Å². The molecule has 2 N–H and O–H groups in total. The Kier molecular flexibility index (Phi) is 3.94. The van der Waals surface area contributed by atoms with Crippen molar-refractivity contribution in [1.82, 2.24) is 9.78 Å². The van der Waals surface area contributed by atoms with Crippen LogP contribution in [0.4, 0.5) is 0 Å². The van der Waals surface area contributed by atoms with Gasteiger partial charge in [-0.2, -0.15) is 10.4 Å². The first-order valence-corrected chi connectivity index (χ1v) is 6.07. The SMILES string of the molecule is CCc1c(C)nn(C(C)CC(C)(N)C#N)c1C. The highest BCUT2D eigenvalue weighted by Crippen LogP contribution is 2.23. The van der Waals surface area contributed by atoms with Gasteiger partial charge >= 0.3 is 0 Å². The van der Waals surface area contributed by atoms with Crippen LogP contribution in [0.15, 0.2) is 0 Å². The summed E-state index contributed by atoms with van der Waals surface area (Å²) in [7, 11) is 0. The Morgan fingerprint density at radius 1 is 1.53 bits per heavy atom. The molecule has 0 aliphatic heterocycles. The number of nitriles is 1. The van der Waals surface area contributed by atoms with Gasteiger partial charge in [0.25, 0.3) is 0 Å². The molecular formula is C13H22N4. The topological polar surface area (TPSA) is 67.6 Å². The van der Waals surface area contributed by atoms with Crippen LogP contribution < -0.4 is 5.73 Å². The van der Waals surface area contributed by atoms with Crippen molar-refractivity contribution in [3.8, 4) is 6.07 Å². The Balaban J connectivity index is 2.98. The van der Waals surface area contributed by atoms with Gasteiger partial charge in [0.2, 0.25) is 0 Å². The minimum Gasteiger partial charge on any atom is -0.314 e. The van der Waals surface area contributed by atoms with Crippen molar-refractivity contribution < 1.29 is 0 Å². The number of nitrogens with two attached hydrogens (primary N) is 1. The van der Waals surface area contributed by atoms with Crippen LogP contribution >= 0.6 is 0 Å². The summed E-state index contributed by atoms with van der Waals surface area (Å²) in [6, 6.07) is 2.28. The molecule has 0 saturated carbocycles. The normalized spacial score (nSPS) is 16.3. The van der Waals surface area contributed by atoms with E-state index in [2.05, 4.69) is 31.9 Å². The Hall–Kier alpha value is -1.34. The Morgan fingerprint density at radius 3 is 2.53 bits per heavy atom. The molecule has 2 unspecified atom stereocenters. The Morgan fingerprint density at radius 2 is 2.12 bits per heavy atom. The Bertz CT molecular complexity index is 437. The maximum atomic E-state index is 8.96. The van der Waals surface area contributed by atoms with E-state index in [1.165, 1.54) is 11.3 Å². The van der Waals surface area contributed by atoms with E-state index in [1.807, 2.05) is 11.6 Å². The van der Waals surface area contributed by atoms with Crippen LogP contribution in [0, 0.1) is 25.2 Å². The van der Waals surface area contributed by atoms with E-state index in [0.717, 1.165) is 12.1 Å². The number of nitrogens with zero attached hydrogens (tertiary/aromatic N) is 3. The number of hydrogen-bond acceptors (Lipinski definition) is 3. The highest BCUT2D eigenvalue weighted by molar-refractivity contribution is 5.24. The molecule has 4 nitrogen and oxygen atoms in total. The van der Waals surface area contributed by atoms with E-state index in [-0.39, 0.29) is 6.04 Å². The van der Waals surface area contributed by atoms with E-state index >= 15 is 0 Å². The fraction of sp³-hybridized carbons (Fsp3) is 0.692. The molecule has 17 heavy (non-hydrogen) atoms. The van der Waals surface area contributed by atoms with Gasteiger partial charge in [0.15, 0.2) is 0 Å². The van der Waals surface area contributed by atoms with Gasteiger partial charge in [-0.05, 0) is 39.7 Å². The van der Waals surface area contributed by atoms with Crippen molar-refractivity contribution in [2.24, 2.45) is 5.73 Å². The largest absolute Gasteiger partial charge is 0.314 e. The zero-order chi connectivity index (χ0) is 13.2. The van der Waals surface area contributed by atoms with Crippen LogP contribution in [-0.2, 0) is 6.42 Å². The van der Waals surface area contributed by atoms with Crippen LogP contribution in [-0.4, -0.2) is 15.3 Å². The maximum absolute atomic E-state index is 8.96. The van der Waals surface area contributed by atoms with Crippen molar-refractivity contribution in [1.29, 1.82) is 5.26 Å². The van der Waals surface area contributed by atoms with E-state index in [9.17, 15) is 0 Å². The third-order valence-electron chi connectivity index (χ3n) is 3.22. The lowest BCUT2D eigenvalue weighted by molar-refractivity contribution is 0.380. The van der Waals surface area contributed by atoms with Gasteiger partial charge in [-0.25, -0.2) is 0 Å². The molecule has 0 aliphatic carbocycles. The highest BCUT2D eigenvalue weighted by atomic mass is 15.3. The number of hydrogen-bond donors (Lipinski definition) is 1. The molecular weight excluding hydrogens is 212 g/mol. The summed E-state index contributed by atoms with van der Waals surface area (Å²) in [5.74, 6) is 0. The quantitative estimate of drug-likeness (QED) is 0.868. The summed E-state index contributed by atoms with van der Waals surface area (Å²) in [6.07, 6.45) is 1.59. The van der Waals surface area contributed by atoms with Gasteiger partial charge in [0, 0.05) is 12.1 Å². The fourth-order valence-corrected chi connectivity index (χ4v) is 2.38. The second-order valence-corrected chi connectivity index (χ2v) is 5.03. The smallest absolute Gasteiger partial charge is 0.103 e. The first kappa shape index (κ1) is 13.7. The molecule has 0 spiro atoms. The van der Waals surface area contributed by atoms with Crippen LogP contribution in [0.3, 0.4) is 0 Å². The molecule has 94 valence electrons. The third kappa shape index (κ3) is 2.86. The molecule has 1 rings (SSSR count). The lowest BCUT2D eigenvalue weighted by Gasteiger charge is -2.22. The monoisotopic (exact) mass is 234 g/mol. The summed E-state index contributed by atoms with van der Waals surface area (Å²) in [6.45, 7) is 10.1. The van der Waals surface area contributed by atoms with Crippen molar-refractivity contribution in [2.45, 2.75) is 59.0 Å². The summed E-state index contributed by atoms with van der Waals surface area (Å²) in [5.41, 5.74) is 8.65. The van der Waals surface area contributed by atoms with Crippen LogP contribution in [0.1, 0.15) is 50.2 Å². The predicted molar refractivity (Wildman–Crippen MR) is 68.6 cm³/mol. The molecule has 1 aromatic heterocycles. The fourth-order valence-electron chi connectivity index (χ4n) is 2.38. The van der Waals surface area contributed by atoms with Gasteiger partial charge in [0.1, 0.15) is 5.54 Å². The van der Waals surface area contributed by atoms with Crippen molar-refractivity contribution in [3.05, 3.63) is 17.0 Å². The minimum atomic E-state index is -0.794. The molecule has 0 aromatic carbocycles. The van der Waals surface area contributed by atoms with Crippen molar-refractivity contribution >= 4 is 0 Å². The first-order valence-electron chi connectivity index (χ1n) is 6.07. The summed E-state index contributed by atoms with van der Waals surface area (Å²) in [5, 5.41) is 13.5. The first-order chi connectivity index (χ1) is 7.82. The minimum absolute atomic E-state index is 0.142. The number of rotatable bonds is 4. The maximum Gasteiger partial charge on any atom is 0.103 e. The van der Waals surface area contributed by atoms with Crippen molar-refractivity contribution in [2.75, 3.05) is 0 Å². The molecule has 0 aliphatic rings. The van der Waals surface area contributed by atoms with Gasteiger partial charge < -0.3 is 5.73 Å². The average molecular weight is 234 g/mol. The summed E-state index contributed by atoms with van der Waals surface area (Å²) in [4.78, 5) is 0. The molecule has 2 atom stereocenters. The van der Waals surface area contributed by atoms with E-state index < -0.39 is 5.54 Å². The molecule has 0 fully saturated rings. The lowest BCUT2D eigenvalue weighted by Crippen LogP contribution is -2.36. The number of aryl methyl sites for hydroxylation is 1. The standard InChI is InChI=1S/C13H22N4/c1-6-12-10(3)16-17(11(12)4)9(2)7-13(5,15)8-14/h9H,6-7,15H2,1-5H3. The molecule has 4 heteroatoms. The molecule has 0 radical (unpaired) electrons.